The minimum absolute atomic E-state index is 0.0393. The van der Waals surface area contributed by atoms with Crippen LogP contribution in [0, 0.1) is 69.5 Å². The third-order valence-electron chi connectivity index (χ3n) is 12.7. The van der Waals surface area contributed by atoms with Gasteiger partial charge in [-0.25, -0.2) is 4.79 Å². The molecule has 2 saturated heterocycles. The number of carbonyl (C=O) groups is 7. The van der Waals surface area contributed by atoms with Crippen molar-refractivity contribution in [1.29, 1.82) is 15.8 Å². The van der Waals surface area contributed by atoms with Gasteiger partial charge >= 0.3 is 18.0 Å². The molecule has 3 N–H and O–H groups in total. The van der Waals surface area contributed by atoms with Crippen molar-refractivity contribution in [1.82, 2.24) is 5.32 Å². The fourth-order valence-electron chi connectivity index (χ4n) is 9.35. The maximum Gasteiger partial charge on any atom is 0.408 e. The number of alkyl carbamates (subject to hydrolysis) is 1. The van der Waals surface area contributed by atoms with Crippen LogP contribution < -0.4 is 11.1 Å². The van der Waals surface area contributed by atoms with Gasteiger partial charge in [0.1, 0.15) is 23.2 Å². The van der Waals surface area contributed by atoms with Crippen LogP contribution in [-0.4, -0.2) is 85.3 Å². The molecule has 18 heteroatoms. The lowest BCUT2D eigenvalue weighted by Crippen LogP contribution is -2.53. The van der Waals surface area contributed by atoms with Gasteiger partial charge in [-0.1, -0.05) is 76.6 Å². The first kappa shape index (κ1) is 58.5. The van der Waals surface area contributed by atoms with E-state index in [1.165, 1.54) is 0 Å². The molecule has 2 aromatic rings. The number of nitrogens with one attached hydrogen (secondary N) is 1. The lowest BCUT2D eigenvalue weighted by Gasteiger charge is -2.39. The molecule has 4 fully saturated rings. The average molecular weight is 1080 g/mol. The summed E-state index contributed by atoms with van der Waals surface area (Å²) in [6.07, 6.45) is 2.55. The van der Waals surface area contributed by atoms with Crippen LogP contribution in [0.3, 0.4) is 0 Å². The molecule has 0 spiro atoms. The fourth-order valence-corrected chi connectivity index (χ4v) is 13.5. The van der Waals surface area contributed by atoms with E-state index in [0.717, 1.165) is 17.3 Å². The molecular weight excluding hydrogens is 1010 g/mol. The smallest absolute Gasteiger partial charge is 0.408 e. The van der Waals surface area contributed by atoms with E-state index in [-0.39, 0.29) is 65.7 Å². The van der Waals surface area contributed by atoms with Gasteiger partial charge in [0.2, 0.25) is 0 Å². The third-order valence-corrected chi connectivity index (χ3v) is 16.8. The van der Waals surface area contributed by atoms with Crippen LogP contribution >= 0.6 is 39.5 Å². The van der Waals surface area contributed by atoms with Crippen LogP contribution in [0.15, 0.2) is 60.7 Å². The fraction of sp³-hybridized carbons (Fsp3) is 0.585. The predicted molar refractivity (Wildman–Crippen MR) is 273 cm³/mol. The molecule has 6 rings (SSSR count). The number of nitrogens with two attached hydrogens (primary N) is 1. The highest BCUT2D eigenvalue weighted by Crippen LogP contribution is 2.62. The van der Waals surface area contributed by atoms with E-state index >= 15 is 0 Å². The first-order chi connectivity index (χ1) is 33.5. The molecule has 2 saturated carbocycles. The summed E-state index contributed by atoms with van der Waals surface area (Å²) in [4.78, 5) is 90.0. The summed E-state index contributed by atoms with van der Waals surface area (Å²) in [5.41, 5.74) is 6.71. The lowest BCUT2D eigenvalue weighted by atomic mass is 9.63. The Morgan fingerprint density at radius 3 is 1.49 bits per heavy atom. The van der Waals surface area contributed by atoms with Gasteiger partial charge < -0.3 is 25.3 Å². The van der Waals surface area contributed by atoms with Crippen LogP contribution in [0.25, 0.3) is 0 Å². The number of alkyl halides is 1. The quantitative estimate of drug-likeness (QED) is 0.0576. The predicted octanol–water partition coefficient (Wildman–Crippen LogP) is 8.89. The van der Waals surface area contributed by atoms with Gasteiger partial charge in [-0.05, 0) is 78.9 Å². The standard InChI is InChI=1S/C27H34N2O6S.C22H26N2O4S.C4H6BrN/c1-26(2,3)35-25(33)29-21(16-11-7-6-8-12-16)18(30)15-17-22(31)19-20(27(4,5)36-23(17)19)24(32)34-14-10-9-13-28;1-22(2)17(21(27)28-11-7-6-10-23)16-19(26)14(20(16)29-22)12-15(25)18(24)13-8-4-3-5-9-13;5-3-1-2-4-6/h6-8,11-12,17,19-21,23H,9-10,14-15H2,1-5H3,(H,29,33);3-5,8-9,14,16-18,20H,6-7,11-12,24H2,1-2H3;1-3H2/t17-,19?,20+,21-,23-;14-,16?,17+,18-,20-;/m11./s1. The first-order valence-corrected chi connectivity index (χ1v) is 26.8. The molecule has 15 nitrogen and oxygen atoms in total. The number of rotatable bonds is 19. The van der Waals surface area contributed by atoms with Crippen molar-refractivity contribution in [2.24, 2.45) is 41.2 Å². The molecule has 2 unspecified atom stereocenters. The number of amides is 1. The van der Waals surface area contributed by atoms with Crippen LogP contribution in [0.4, 0.5) is 4.79 Å². The summed E-state index contributed by atoms with van der Waals surface area (Å²) in [6, 6.07) is 22.4. The van der Waals surface area contributed by atoms with E-state index in [9.17, 15) is 33.6 Å². The molecule has 1 amide bonds. The van der Waals surface area contributed by atoms with Gasteiger partial charge in [-0.15, -0.1) is 23.5 Å². The Hall–Kier alpha value is -5.06. The summed E-state index contributed by atoms with van der Waals surface area (Å²) < 4.78 is 15.1. The Kier molecular flexibility index (Phi) is 21.9. The second-order valence-electron chi connectivity index (χ2n) is 19.9. The highest BCUT2D eigenvalue weighted by atomic mass is 79.9. The van der Waals surface area contributed by atoms with E-state index in [0.29, 0.717) is 37.7 Å². The van der Waals surface area contributed by atoms with Crippen LogP contribution in [-0.2, 0) is 43.0 Å². The number of nitrogens with zero attached hydrogens (tertiary/aromatic N) is 3. The number of ether oxygens (including phenoxy) is 3. The Morgan fingerprint density at radius 2 is 1.10 bits per heavy atom. The topological polar surface area (TPSA) is 257 Å². The van der Waals surface area contributed by atoms with Gasteiger partial charge in [0, 0.05) is 81.1 Å². The minimum atomic E-state index is -0.951. The van der Waals surface area contributed by atoms with E-state index < -0.39 is 74.7 Å². The SMILES string of the molecule is CC(C)(C)OC(=O)N[C@@H](C(=O)C[C@@H]1C(=O)C2[C@@H](C(=O)OCCCC#N)C(C)(C)S[C@@H]21)c1ccccc1.CC1(C)S[C@H]2C(C(=O)[C@H]2CC(=O)[C@H](N)c2ccccc2)[C@H]1C(=O)OCCCC#N.N#CCCCBr. The van der Waals surface area contributed by atoms with Crippen molar-refractivity contribution in [2.45, 2.75) is 138 Å². The summed E-state index contributed by atoms with van der Waals surface area (Å²) in [5, 5.41) is 28.5. The van der Waals surface area contributed by atoms with Crippen LogP contribution in [0.5, 0.6) is 0 Å². The van der Waals surface area contributed by atoms with Crippen molar-refractivity contribution >= 4 is 80.6 Å². The largest absolute Gasteiger partial charge is 0.465 e. The number of fused-ring (bicyclic) bond motifs is 2. The Balaban J connectivity index is 0.000000281. The molecule has 10 atom stereocenters. The van der Waals surface area contributed by atoms with Crippen molar-refractivity contribution in [3.63, 3.8) is 0 Å². The van der Waals surface area contributed by atoms with Crippen LogP contribution in [0.2, 0.25) is 0 Å². The monoisotopic (exact) mass is 1080 g/mol. The summed E-state index contributed by atoms with van der Waals surface area (Å²) in [5.74, 6) is -4.38. The maximum absolute atomic E-state index is 13.4. The van der Waals surface area contributed by atoms with Gasteiger partial charge in [0.05, 0.1) is 49.3 Å². The highest BCUT2D eigenvalue weighted by Gasteiger charge is 2.67. The number of esters is 2. The average Bonchev–Trinajstić information content (AvgIpc) is 3.74. The van der Waals surface area contributed by atoms with E-state index in [2.05, 4.69) is 21.2 Å². The zero-order valence-corrected chi connectivity index (χ0v) is 44.7. The molecule has 382 valence electrons. The van der Waals surface area contributed by atoms with Crippen molar-refractivity contribution in [3.05, 3.63) is 71.8 Å². The number of hydrogen-bond donors (Lipinski definition) is 2. The number of carbonyl (C=O) groups excluding carboxylic acids is 7. The second-order valence-corrected chi connectivity index (χ2v) is 24.4. The minimum Gasteiger partial charge on any atom is -0.465 e. The number of benzene rings is 2. The Morgan fingerprint density at radius 1 is 0.690 bits per heavy atom. The molecule has 0 aromatic heterocycles. The van der Waals surface area contributed by atoms with Gasteiger partial charge in [0.25, 0.3) is 0 Å². The molecule has 2 heterocycles. The van der Waals surface area contributed by atoms with E-state index in [4.69, 9.17) is 35.7 Å². The molecule has 2 aliphatic heterocycles. The van der Waals surface area contributed by atoms with Gasteiger partial charge in [-0.2, -0.15) is 15.8 Å². The molecule has 71 heavy (non-hydrogen) atoms. The van der Waals surface area contributed by atoms with E-state index in [1.54, 1.807) is 80.7 Å². The normalized spacial score (nSPS) is 24.8. The second kappa shape index (κ2) is 26.6. The number of hydrogen-bond acceptors (Lipinski definition) is 16. The van der Waals surface area contributed by atoms with Crippen molar-refractivity contribution in [3.8, 4) is 18.2 Å². The number of thioether (sulfide) groups is 2. The lowest BCUT2D eigenvalue weighted by molar-refractivity contribution is -0.158. The number of ketones is 4. The first-order valence-electron chi connectivity index (χ1n) is 23.9. The number of Topliss-reactive ketones (excluding diaryl/α,β-unsaturated/α-hetero) is 4. The number of halogens is 1. The summed E-state index contributed by atoms with van der Waals surface area (Å²) >= 11 is 6.33. The molecule has 0 radical (unpaired) electrons. The van der Waals surface area contributed by atoms with Gasteiger partial charge in [-0.3, -0.25) is 28.8 Å². The molecule has 4 aliphatic rings. The molecular formula is C53H66BrN5O10S2. The summed E-state index contributed by atoms with van der Waals surface area (Å²) in [6.45, 7) is 13.3. The number of unbranched alkanes of at least 4 members (excludes halogenated alkanes) is 3. The highest BCUT2D eigenvalue weighted by molar-refractivity contribution is 9.09. The molecule has 0 bridgehead atoms. The molecule has 2 aromatic carbocycles. The Labute approximate surface area is 434 Å². The third kappa shape index (κ3) is 15.5. The van der Waals surface area contributed by atoms with Crippen LogP contribution in [0.1, 0.15) is 123 Å². The maximum atomic E-state index is 13.4. The Bertz CT molecular complexity index is 2340. The summed E-state index contributed by atoms with van der Waals surface area (Å²) in [7, 11) is 0. The molecule has 2 aliphatic carbocycles. The van der Waals surface area contributed by atoms with E-state index in [1.807, 2.05) is 70.2 Å². The van der Waals surface area contributed by atoms with Crippen molar-refractivity contribution < 1.29 is 47.8 Å². The van der Waals surface area contributed by atoms with Gasteiger partial charge in [0.15, 0.2) is 11.6 Å². The zero-order chi connectivity index (χ0) is 52.7. The van der Waals surface area contributed by atoms with Crippen molar-refractivity contribution in [2.75, 3.05) is 18.5 Å². The number of nitriles is 3. The zero-order valence-electron chi connectivity index (χ0n) is 41.5.